The summed E-state index contributed by atoms with van der Waals surface area (Å²) in [4.78, 5) is 0. The van der Waals surface area contributed by atoms with Gasteiger partial charge in [0.25, 0.3) is 0 Å². The van der Waals surface area contributed by atoms with Crippen molar-refractivity contribution in [3.05, 3.63) is 0 Å². The third kappa shape index (κ3) is 1.94. The summed E-state index contributed by atoms with van der Waals surface area (Å²) in [7, 11) is -1.39. The molecule has 0 heterocycles. The second kappa shape index (κ2) is 3.22. The highest BCUT2D eigenvalue weighted by atomic mass is 28.4. The van der Waals surface area contributed by atoms with E-state index in [1.165, 1.54) is 0 Å². The first-order valence-corrected chi connectivity index (χ1v) is 5.88. The van der Waals surface area contributed by atoms with Crippen molar-refractivity contribution >= 4 is 8.32 Å². The minimum atomic E-state index is -1.39. The normalized spacial score (nSPS) is 12.0. The Morgan fingerprint density at radius 2 is 1.75 bits per heavy atom. The van der Waals surface area contributed by atoms with Crippen LogP contribution in [0, 0.1) is 0 Å². The van der Waals surface area contributed by atoms with Crippen LogP contribution < -0.4 is 5.90 Å². The topological polar surface area (TPSA) is 35.2 Å². The first-order chi connectivity index (χ1) is 3.68. The van der Waals surface area contributed by atoms with Crippen molar-refractivity contribution in [2.75, 3.05) is 0 Å². The maximum Gasteiger partial charge on any atom is 0.216 e. The Morgan fingerprint density at radius 3 is 1.75 bits per heavy atom. The molecule has 0 spiro atoms. The summed E-state index contributed by atoms with van der Waals surface area (Å²) in [6.07, 6.45) is 0. The molecule has 8 heavy (non-hydrogen) atoms. The van der Waals surface area contributed by atoms with Crippen LogP contribution in [0.15, 0.2) is 0 Å². The number of rotatable bonds is 3. The molecule has 0 aromatic rings. The fraction of sp³-hybridized carbons (Fsp3) is 1.00. The molecule has 0 unspecified atom stereocenters. The lowest BCUT2D eigenvalue weighted by atomic mass is 10.9. The van der Waals surface area contributed by atoms with Crippen LogP contribution >= 0.6 is 0 Å². The van der Waals surface area contributed by atoms with Crippen LogP contribution in [0.4, 0.5) is 0 Å². The van der Waals surface area contributed by atoms with Crippen molar-refractivity contribution in [3.8, 4) is 0 Å². The second-order valence-electron chi connectivity index (χ2n) is 2.27. The summed E-state index contributed by atoms with van der Waals surface area (Å²) in [6.45, 7) is 6.40. The Kier molecular flexibility index (Phi) is 3.27. The van der Waals surface area contributed by atoms with Gasteiger partial charge in [0.05, 0.1) is 0 Å². The van der Waals surface area contributed by atoms with Gasteiger partial charge in [-0.3, -0.25) is 0 Å². The zero-order valence-corrected chi connectivity index (χ0v) is 6.90. The first kappa shape index (κ1) is 8.14. The van der Waals surface area contributed by atoms with Crippen LogP contribution in [-0.2, 0) is 4.53 Å². The van der Waals surface area contributed by atoms with Gasteiger partial charge in [0.2, 0.25) is 8.32 Å². The molecule has 0 amide bonds. The molecule has 0 aliphatic rings. The summed E-state index contributed by atoms with van der Waals surface area (Å²) in [6, 6.07) is 2.22. The zero-order chi connectivity index (χ0) is 6.62. The summed E-state index contributed by atoms with van der Waals surface area (Å²) in [5.74, 6) is 5.09. The van der Waals surface area contributed by atoms with Gasteiger partial charge in [-0.2, -0.15) is 0 Å². The molecule has 0 rings (SSSR count). The van der Waals surface area contributed by atoms with Crippen molar-refractivity contribution in [2.45, 2.75) is 32.5 Å². The third-order valence-electron chi connectivity index (χ3n) is 1.78. The molecule has 50 valence electrons. The van der Waals surface area contributed by atoms with Gasteiger partial charge in [0.1, 0.15) is 0 Å². The lowest BCUT2D eigenvalue weighted by Crippen LogP contribution is -2.35. The fourth-order valence-electron chi connectivity index (χ4n) is 0.417. The fourth-order valence-corrected chi connectivity index (χ4v) is 1.25. The molecule has 0 aliphatic heterocycles. The van der Waals surface area contributed by atoms with E-state index >= 15 is 0 Å². The maximum absolute atomic E-state index is 5.09. The van der Waals surface area contributed by atoms with Crippen LogP contribution in [0.5, 0.6) is 0 Å². The molecule has 0 atom stereocenters. The summed E-state index contributed by atoms with van der Waals surface area (Å²) < 4.78 is 4.88. The van der Waals surface area contributed by atoms with E-state index in [0.717, 1.165) is 12.1 Å². The monoisotopic (exact) mass is 133 g/mol. The predicted molar refractivity (Wildman–Crippen MR) is 37.9 cm³/mol. The van der Waals surface area contributed by atoms with Gasteiger partial charge in [-0.15, -0.1) is 0 Å². The third-order valence-corrected chi connectivity index (χ3v) is 5.34. The molecule has 0 aromatic heterocycles. The Morgan fingerprint density at radius 1 is 1.38 bits per heavy atom. The molecule has 0 bridgehead atoms. The zero-order valence-electron chi connectivity index (χ0n) is 5.90. The second-order valence-corrected chi connectivity index (χ2v) is 6.82. The van der Waals surface area contributed by atoms with Crippen LogP contribution in [0.25, 0.3) is 0 Å². The van der Waals surface area contributed by atoms with Gasteiger partial charge < -0.3 is 4.53 Å². The van der Waals surface area contributed by atoms with Crippen molar-refractivity contribution in [3.63, 3.8) is 0 Å². The molecule has 2 nitrogen and oxygen atoms in total. The molecular weight excluding hydrogens is 118 g/mol. The highest BCUT2D eigenvalue weighted by Crippen LogP contribution is 2.12. The maximum atomic E-state index is 5.09. The van der Waals surface area contributed by atoms with Crippen molar-refractivity contribution < 1.29 is 4.53 Å². The highest BCUT2D eigenvalue weighted by molar-refractivity contribution is 6.72. The Hall–Kier alpha value is 0.137. The Bertz CT molecular complexity index is 55.2. The van der Waals surface area contributed by atoms with E-state index < -0.39 is 8.32 Å². The SMILES string of the molecule is CC[Si](C)(CC)ON. The highest BCUT2D eigenvalue weighted by Gasteiger charge is 2.22. The molecule has 0 saturated heterocycles. The lowest BCUT2D eigenvalue weighted by Gasteiger charge is -2.19. The Balaban J connectivity index is 3.58. The van der Waals surface area contributed by atoms with Gasteiger partial charge >= 0.3 is 0 Å². The van der Waals surface area contributed by atoms with Gasteiger partial charge in [-0.1, -0.05) is 13.8 Å². The van der Waals surface area contributed by atoms with Crippen LogP contribution in [0.2, 0.25) is 18.6 Å². The minimum absolute atomic E-state index is 1.11. The molecule has 0 aliphatic carbocycles. The molecule has 0 radical (unpaired) electrons. The summed E-state index contributed by atoms with van der Waals surface area (Å²) in [5, 5.41) is 0. The quantitative estimate of drug-likeness (QED) is 0.467. The first-order valence-electron chi connectivity index (χ1n) is 3.06. The standard InChI is InChI=1S/C5H15NOSi/c1-4-8(3,5-2)7-6/h4-6H2,1-3H3. The van der Waals surface area contributed by atoms with E-state index in [2.05, 4.69) is 20.4 Å². The van der Waals surface area contributed by atoms with E-state index in [-0.39, 0.29) is 0 Å². The average Bonchev–Trinajstić information content (AvgIpc) is 1.87. The molecule has 2 N–H and O–H groups in total. The van der Waals surface area contributed by atoms with Gasteiger partial charge in [0.15, 0.2) is 0 Å². The number of hydrogen-bond donors (Lipinski definition) is 1. The molecule has 0 fully saturated rings. The van der Waals surface area contributed by atoms with Crippen LogP contribution in [0.1, 0.15) is 13.8 Å². The minimum Gasteiger partial charge on any atom is -0.348 e. The van der Waals surface area contributed by atoms with Gasteiger partial charge in [0, 0.05) is 0 Å². The van der Waals surface area contributed by atoms with Crippen molar-refractivity contribution in [1.82, 2.24) is 0 Å². The molecule has 0 aromatic carbocycles. The molecule has 0 saturated carbocycles. The van der Waals surface area contributed by atoms with E-state index in [9.17, 15) is 0 Å². The summed E-state index contributed by atoms with van der Waals surface area (Å²) >= 11 is 0. The van der Waals surface area contributed by atoms with E-state index in [1.807, 2.05) is 0 Å². The largest absolute Gasteiger partial charge is 0.348 e. The molecule has 3 heteroatoms. The van der Waals surface area contributed by atoms with Crippen LogP contribution in [0.3, 0.4) is 0 Å². The Labute approximate surface area is 52.1 Å². The van der Waals surface area contributed by atoms with E-state index in [0.29, 0.717) is 0 Å². The van der Waals surface area contributed by atoms with Crippen molar-refractivity contribution in [1.29, 1.82) is 0 Å². The van der Waals surface area contributed by atoms with E-state index in [1.54, 1.807) is 0 Å². The summed E-state index contributed by atoms with van der Waals surface area (Å²) in [5.41, 5.74) is 0. The lowest BCUT2D eigenvalue weighted by molar-refractivity contribution is 0.319. The van der Waals surface area contributed by atoms with Gasteiger partial charge in [-0.25, -0.2) is 5.90 Å². The van der Waals surface area contributed by atoms with Crippen LogP contribution in [-0.4, -0.2) is 8.32 Å². The predicted octanol–water partition coefficient (Wildman–Crippen LogP) is 1.49. The smallest absolute Gasteiger partial charge is 0.216 e. The van der Waals surface area contributed by atoms with Crippen molar-refractivity contribution in [2.24, 2.45) is 5.90 Å². The average molecular weight is 133 g/mol. The van der Waals surface area contributed by atoms with Gasteiger partial charge in [-0.05, 0) is 18.6 Å². The molecular formula is C5H15NOSi. The number of nitrogens with two attached hydrogens (primary N) is 1. The number of hydrogen-bond acceptors (Lipinski definition) is 2. The van der Waals surface area contributed by atoms with E-state index in [4.69, 9.17) is 10.4 Å².